The second-order valence-electron chi connectivity index (χ2n) is 4.60. The minimum Gasteiger partial charge on any atom is -0.320 e. The first kappa shape index (κ1) is 13.0. The van der Waals surface area contributed by atoms with E-state index in [9.17, 15) is 4.39 Å². The fourth-order valence-corrected chi connectivity index (χ4v) is 2.39. The number of fused-ring (bicyclic) bond motifs is 1. The molecule has 0 aliphatic rings. The van der Waals surface area contributed by atoms with Crippen LogP contribution in [0.2, 0.25) is 5.02 Å². The molecule has 1 heterocycles. The van der Waals surface area contributed by atoms with Gasteiger partial charge < -0.3 is 5.73 Å². The summed E-state index contributed by atoms with van der Waals surface area (Å²) in [7, 11) is 0. The van der Waals surface area contributed by atoms with Crippen LogP contribution in [0.3, 0.4) is 0 Å². The maximum absolute atomic E-state index is 13.9. The zero-order valence-electron chi connectivity index (χ0n) is 10.6. The van der Waals surface area contributed by atoms with Crippen LogP contribution in [0.25, 0.3) is 10.9 Å². The highest BCUT2D eigenvalue weighted by molar-refractivity contribution is 6.30. The monoisotopic (exact) mass is 286 g/mol. The van der Waals surface area contributed by atoms with Gasteiger partial charge in [0, 0.05) is 22.2 Å². The number of aromatic nitrogens is 1. The predicted molar refractivity (Wildman–Crippen MR) is 79.2 cm³/mol. The lowest BCUT2D eigenvalue weighted by Crippen LogP contribution is -2.13. The second-order valence-corrected chi connectivity index (χ2v) is 5.04. The van der Waals surface area contributed by atoms with Gasteiger partial charge in [0.25, 0.3) is 0 Å². The van der Waals surface area contributed by atoms with Crippen molar-refractivity contribution >= 4 is 22.5 Å². The third kappa shape index (κ3) is 2.38. The van der Waals surface area contributed by atoms with Gasteiger partial charge in [-0.25, -0.2) is 4.39 Å². The highest BCUT2D eigenvalue weighted by Gasteiger charge is 2.14. The van der Waals surface area contributed by atoms with Crippen molar-refractivity contribution in [1.29, 1.82) is 0 Å². The molecule has 0 saturated carbocycles. The number of halogens is 2. The Hall–Kier alpha value is -1.97. The molecule has 20 heavy (non-hydrogen) atoms. The topological polar surface area (TPSA) is 38.9 Å². The summed E-state index contributed by atoms with van der Waals surface area (Å²) in [5.74, 6) is -0.358. The van der Waals surface area contributed by atoms with Crippen molar-refractivity contribution in [2.24, 2.45) is 5.73 Å². The second kappa shape index (κ2) is 5.19. The molecule has 1 aromatic heterocycles. The Morgan fingerprint density at radius 2 is 1.95 bits per heavy atom. The lowest BCUT2D eigenvalue weighted by Gasteiger charge is -2.14. The number of hydrogen-bond acceptors (Lipinski definition) is 2. The smallest absolute Gasteiger partial charge is 0.128 e. The van der Waals surface area contributed by atoms with Crippen LogP contribution in [-0.2, 0) is 0 Å². The zero-order valence-corrected chi connectivity index (χ0v) is 11.3. The average Bonchev–Trinajstić information content (AvgIpc) is 2.48. The van der Waals surface area contributed by atoms with E-state index in [0.29, 0.717) is 10.6 Å². The molecular formula is C16H12ClFN2. The van der Waals surface area contributed by atoms with E-state index < -0.39 is 6.04 Å². The molecule has 3 aromatic rings. The lowest BCUT2D eigenvalue weighted by molar-refractivity contribution is 0.600. The summed E-state index contributed by atoms with van der Waals surface area (Å²) in [5.41, 5.74) is 8.17. The van der Waals surface area contributed by atoms with Crippen molar-refractivity contribution in [2.45, 2.75) is 6.04 Å². The van der Waals surface area contributed by atoms with Gasteiger partial charge in [-0.15, -0.1) is 0 Å². The third-order valence-electron chi connectivity index (χ3n) is 3.28. The number of nitrogens with two attached hydrogens (primary N) is 1. The van der Waals surface area contributed by atoms with Crippen molar-refractivity contribution in [3.8, 4) is 0 Å². The van der Waals surface area contributed by atoms with Crippen molar-refractivity contribution in [3.63, 3.8) is 0 Å². The van der Waals surface area contributed by atoms with Gasteiger partial charge in [0.2, 0.25) is 0 Å². The molecule has 1 atom stereocenters. The molecule has 0 bridgehead atoms. The normalized spacial score (nSPS) is 12.6. The van der Waals surface area contributed by atoms with Gasteiger partial charge in [-0.3, -0.25) is 4.98 Å². The van der Waals surface area contributed by atoms with E-state index in [0.717, 1.165) is 16.5 Å². The molecule has 100 valence electrons. The van der Waals surface area contributed by atoms with E-state index in [1.54, 1.807) is 12.3 Å². The van der Waals surface area contributed by atoms with E-state index in [2.05, 4.69) is 4.98 Å². The van der Waals surface area contributed by atoms with E-state index in [-0.39, 0.29) is 5.82 Å². The number of nitrogens with zero attached hydrogens (tertiary/aromatic N) is 1. The first-order valence-electron chi connectivity index (χ1n) is 6.20. The molecule has 1 unspecified atom stereocenters. The maximum Gasteiger partial charge on any atom is 0.128 e. The van der Waals surface area contributed by atoms with Crippen molar-refractivity contribution in [3.05, 3.63) is 76.7 Å². The summed E-state index contributed by atoms with van der Waals surface area (Å²) in [6.45, 7) is 0. The molecule has 2 N–H and O–H groups in total. The fraction of sp³-hybridized carbons (Fsp3) is 0.0625. The van der Waals surface area contributed by atoms with Crippen LogP contribution < -0.4 is 5.73 Å². The standard InChI is InChI=1S/C16H12ClFN2/c17-12-5-6-14(18)13(9-12)16(19)11-4-3-10-2-1-7-20-15(10)8-11/h1-9,16H,19H2. The summed E-state index contributed by atoms with van der Waals surface area (Å²) in [5, 5.41) is 1.49. The molecule has 0 aliphatic heterocycles. The van der Waals surface area contributed by atoms with Gasteiger partial charge in [-0.2, -0.15) is 0 Å². The number of benzene rings is 2. The van der Waals surface area contributed by atoms with Crippen LogP contribution in [0.5, 0.6) is 0 Å². The largest absolute Gasteiger partial charge is 0.320 e. The molecular weight excluding hydrogens is 275 g/mol. The molecule has 0 spiro atoms. The predicted octanol–water partition coefficient (Wildman–Crippen LogP) is 4.08. The zero-order chi connectivity index (χ0) is 14.1. The van der Waals surface area contributed by atoms with Crippen molar-refractivity contribution in [2.75, 3.05) is 0 Å². The van der Waals surface area contributed by atoms with Crippen LogP contribution in [0.15, 0.2) is 54.7 Å². The SMILES string of the molecule is NC(c1ccc2cccnc2c1)c1cc(Cl)ccc1F. The Morgan fingerprint density at radius 1 is 1.10 bits per heavy atom. The van der Waals surface area contributed by atoms with Crippen LogP contribution in [-0.4, -0.2) is 4.98 Å². The molecule has 0 aliphatic carbocycles. The van der Waals surface area contributed by atoms with Crippen LogP contribution >= 0.6 is 11.6 Å². The Bertz CT molecular complexity index is 773. The summed E-state index contributed by atoms with van der Waals surface area (Å²) < 4.78 is 13.9. The number of pyridine rings is 1. The highest BCUT2D eigenvalue weighted by Crippen LogP contribution is 2.26. The summed E-state index contributed by atoms with van der Waals surface area (Å²) >= 11 is 5.91. The van der Waals surface area contributed by atoms with Gasteiger partial charge in [0.05, 0.1) is 11.6 Å². The molecule has 0 fully saturated rings. The minimum atomic E-state index is -0.569. The van der Waals surface area contributed by atoms with Gasteiger partial charge in [0.15, 0.2) is 0 Å². The van der Waals surface area contributed by atoms with Crippen LogP contribution in [0.1, 0.15) is 17.2 Å². The average molecular weight is 287 g/mol. The number of hydrogen-bond donors (Lipinski definition) is 1. The molecule has 4 heteroatoms. The van der Waals surface area contributed by atoms with E-state index in [1.165, 1.54) is 12.1 Å². The Balaban J connectivity index is 2.07. The van der Waals surface area contributed by atoms with Gasteiger partial charge in [0.1, 0.15) is 5.82 Å². The van der Waals surface area contributed by atoms with Gasteiger partial charge in [-0.1, -0.05) is 29.8 Å². The lowest BCUT2D eigenvalue weighted by atomic mass is 9.98. The van der Waals surface area contributed by atoms with Gasteiger partial charge in [-0.05, 0) is 35.9 Å². The van der Waals surface area contributed by atoms with Gasteiger partial charge >= 0.3 is 0 Å². The van der Waals surface area contributed by atoms with E-state index in [4.69, 9.17) is 17.3 Å². The number of rotatable bonds is 2. The van der Waals surface area contributed by atoms with Crippen molar-refractivity contribution in [1.82, 2.24) is 4.98 Å². The molecule has 0 radical (unpaired) electrons. The molecule has 2 aromatic carbocycles. The first-order chi connectivity index (χ1) is 9.65. The van der Waals surface area contributed by atoms with Crippen molar-refractivity contribution < 1.29 is 4.39 Å². The summed E-state index contributed by atoms with van der Waals surface area (Å²) in [6.07, 6.45) is 1.72. The quantitative estimate of drug-likeness (QED) is 0.771. The molecule has 0 amide bonds. The summed E-state index contributed by atoms with van der Waals surface area (Å²) in [4.78, 5) is 4.28. The van der Waals surface area contributed by atoms with Crippen LogP contribution in [0.4, 0.5) is 4.39 Å². The maximum atomic E-state index is 13.9. The first-order valence-corrected chi connectivity index (χ1v) is 6.58. The Labute approximate surface area is 121 Å². The molecule has 0 saturated heterocycles. The highest BCUT2D eigenvalue weighted by atomic mass is 35.5. The fourth-order valence-electron chi connectivity index (χ4n) is 2.21. The van der Waals surface area contributed by atoms with E-state index in [1.807, 2.05) is 30.3 Å². The van der Waals surface area contributed by atoms with Crippen LogP contribution in [0, 0.1) is 5.82 Å². The molecule has 2 nitrogen and oxygen atoms in total. The molecule has 3 rings (SSSR count). The minimum absolute atomic E-state index is 0.358. The Kier molecular flexibility index (Phi) is 3.38. The summed E-state index contributed by atoms with van der Waals surface area (Å²) in [6, 6.07) is 13.4. The van der Waals surface area contributed by atoms with E-state index >= 15 is 0 Å². The Morgan fingerprint density at radius 3 is 2.80 bits per heavy atom. The third-order valence-corrected chi connectivity index (χ3v) is 3.52.